The van der Waals surface area contributed by atoms with Crippen LogP contribution >= 0.6 is 35.1 Å². The van der Waals surface area contributed by atoms with E-state index in [1.54, 1.807) is 19.1 Å². The average Bonchev–Trinajstić information content (AvgIpc) is 3.44. The summed E-state index contributed by atoms with van der Waals surface area (Å²) in [5.41, 5.74) is 1.47. The molecule has 5 rings (SSSR count). The van der Waals surface area contributed by atoms with Crippen LogP contribution in [0.2, 0.25) is 0 Å². The van der Waals surface area contributed by atoms with Crippen LogP contribution in [0, 0.1) is 0 Å². The predicted octanol–water partition coefficient (Wildman–Crippen LogP) is 5.68. The van der Waals surface area contributed by atoms with E-state index in [0.717, 1.165) is 57.2 Å². The Balaban J connectivity index is 1.40. The lowest BCUT2D eigenvalue weighted by Crippen LogP contribution is -2.51. The fraction of sp³-hybridized carbons (Fsp3) is 0.621. The van der Waals surface area contributed by atoms with Crippen LogP contribution in [0.3, 0.4) is 0 Å². The Morgan fingerprint density at radius 2 is 1.89 bits per heavy atom. The number of hydrogen-bond acceptors (Lipinski definition) is 6. The summed E-state index contributed by atoms with van der Waals surface area (Å²) in [6, 6.07) is 7.74. The second-order valence-corrected chi connectivity index (χ2v) is 14.0. The molecule has 0 radical (unpaired) electrons. The Morgan fingerprint density at radius 1 is 1.16 bits per heavy atom. The molecule has 7 atom stereocenters. The fourth-order valence-corrected chi connectivity index (χ4v) is 10.3. The zero-order valence-electron chi connectivity index (χ0n) is 22.5. The highest BCUT2D eigenvalue weighted by Gasteiger charge is 2.48. The van der Waals surface area contributed by atoms with E-state index in [4.69, 9.17) is 11.6 Å². The number of thioether (sulfide) groups is 2. The van der Waals surface area contributed by atoms with Crippen molar-refractivity contribution in [1.29, 1.82) is 0 Å². The molecule has 0 spiro atoms. The minimum atomic E-state index is -0.824. The van der Waals surface area contributed by atoms with Gasteiger partial charge in [0.25, 0.3) is 0 Å². The molecule has 4 aliphatic rings. The number of carboxylic acid groups (broad SMARTS) is 1. The molecule has 2 saturated carbocycles. The van der Waals surface area contributed by atoms with Crippen molar-refractivity contribution in [1.82, 2.24) is 4.90 Å². The number of fused-ring (bicyclic) bond motifs is 2. The zero-order chi connectivity index (χ0) is 27.0. The smallest absolute Gasteiger partial charge is 0.326 e. The minimum Gasteiger partial charge on any atom is -0.480 e. The lowest BCUT2D eigenvalue weighted by molar-refractivity contribution is -0.558. The van der Waals surface area contributed by atoms with Crippen molar-refractivity contribution < 1.29 is 19.3 Å². The van der Waals surface area contributed by atoms with Gasteiger partial charge in [0.15, 0.2) is 6.04 Å². The van der Waals surface area contributed by atoms with Crippen molar-refractivity contribution in [3.8, 4) is 0 Å². The molecule has 1 N–H and O–H groups in total. The maximum absolute atomic E-state index is 12.1. The molecule has 7 unspecified atom stereocenters. The average molecular weight is 577 g/mol. The predicted molar refractivity (Wildman–Crippen MR) is 159 cm³/mol. The van der Waals surface area contributed by atoms with E-state index in [0.29, 0.717) is 28.1 Å². The van der Waals surface area contributed by atoms with E-state index < -0.39 is 12.0 Å². The summed E-state index contributed by atoms with van der Waals surface area (Å²) in [4.78, 5) is 27.9. The molecule has 0 amide bonds. The van der Waals surface area contributed by atoms with Gasteiger partial charge >= 0.3 is 5.97 Å². The Bertz CT molecular complexity index is 1110. The van der Waals surface area contributed by atoms with E-state index in [-0.39, 0.29) is 11.4 Å². The molecule has 1 aromatic carbocycles. The first-order chi connectivity index (χ1) is 18.3. The van der Waals surface area contributed by atoms with Gasteiger partial charge in [-0.15, -0.1) is 23.4 Å². The monoisotopic (exact) mass is 576 g/mol. The summed E-state index contributed by atoms with van der Waals surface area (Å²) < 4.78 is 2.56. The lowest BCUT2D eigenvalue weighted by atomic mass is 9.88. The van der Waals surface area contributed by atoms with Crippen LogP contribution in [0.15, 0.2) is 35.4 Å². The summed E-state index contributed by atoms with van der Waals surface area (Å²) >= 11 is 10.6. The lowest BCUT2D eigenvalue weighted by Gasteiger charge is -2.40. The molecule has 1 saturated heterocycles. The van der Waals surface area contributed by atoms with Crippen molar-refractivity contribution in [2.45, 2.75) is 99.3 Å². The van der Waals surface area contributed by atoms with Crippen LogP contribution in [-0.2, 0) is 4.79 Å². The molecule has 2 aliphatic carbocycles. The summed E-state index contributed by atoms with van der Waals surface area (Å²) in [5, 5.41) is 14.1. The van der Waals surface area contributed by atoms with Crippen molar-refractivity contribution >= 4 is 58.1 Å². The van der Waals surface area contributed by atoms with Crippen molar-refractivity contribution in [3.05, 3.63) is 40.9 Å². The molecule has 206 valence electrons. The van der Waals surface area contributed by atoms with Crippen LogP contribution in [0.1, 0.15) is 69.7 Å². The zero-order valence-corrected chi connectivity index (χ0v) is 24.9. The number of aliphatic carboxylic acids is 1. The van der Waals surface area contributed by atoms with Crippen LogP contribution in [-0.4, -0.2) is 85.0 Å². The van der Waals surface area contributed by atoms with E-state index in [1.807, 2.05) is 35.7 Å². The highest BCUT2D eigenvalue weighted by atomic mass is 35.5. The van der Waals surface area contributed by atoms with Gasteiger partial charge < -0.3 is 14.9 Å². The topological polar surface area (TPSA) is 63.9 Å². The maximum Gasteiger partial charge on any atom is 0.326 e. The van der Waals surface area contributed by atoms with Crippen LogP contribution in [0.25, 0.3) is 0 Å². The molecule has 6 nitrogen and oxygen atoms in total. The third-order valence-corrected chi connectivity index (χ3v) is 12.0. The first kappa shape index (κ1) is 27.9. The Kier molecular flexibility index (Phi) is 8.70. The van der Waals surface area contributed by atoms with Crippen molar-refractivity contribution in [2.24, 2.45) is 0 Å². The molecular formula is C29H39ClN3O3S2+. The number of benzene rings is 1. The molecule has 38 heavy (non-hydrogen) atoms. The molecule has 2 aliphatic heterocycles. The van der Waals surface area contributed by atoms with Gasteiger partial charge in [-0.3, -0.25) is 4.79 Å². The normalized spacial score (nSPS) is 32.7. The van der Waals surface area contributed by atoms with E-state index in [9.17, 15) is 14.7 Å². The van der Waals surface area contributed by atoms with Gasteiger partial charge in [0.1, 0.15) is 18.9 Å². The van der Waals surface area contributed by atoms with Crippen molar-refractivity contribution in [2.75, 3.05) is 18.0 Å². The summed E-state index contributed by atoms with van der Waals surface area (Å²) in [6.07, 6.45) is 9.58. The van der Waals surface area contributed by atoms with Gasteiger partial charge in [-0.25, -0.2) is 9.37 Å². The second kappa shape index (κ2) is 11.8. The summed E-state index contributed by atoms with van der Waals surface area (Å²) in [5.74, 6) is -0.824. The number of carbonyl (C=O) groups excluding carboxylic acids is 1. The minimum absolute atomic E-state index is 0.127. The first-order valence-electron chi connectivity index (χ1n) is 14.0. The van der Waals surface area contributed by atoms with E-state index >= 15 is 0 Å². The number of nitrogens with zero attached hydrogens (tertiary/aromatic N) is 3. The van der Waals surface area contributed by atoms with Gasteiger partial charge in [0.05, 0.1) is 10.3 Å². The third kappa shape index (κ3) is 5.37. The third-order valence-electron chi connectivity index (χ3n) is 8.75. The van der Waals surface area contributed by atoms with Gasteiger partial charge in [-0.05, 0) is 88.9 Å². The number of hydrogen-bond donors (Lipinski definition) is 1. The Hall–Kier alpha value is -1.64. The fourth-order valence-electron chi connectivity index (χ4n) is 6.84. The van der Waals surface area contributed by atoms with Gasteiger partial charge in [-0.1, -0.05) is 0 Å². The van der Waals surface area contributed by atoms with Gasteiger partial charge in [0.2, 0.25) is 5.04 Å². The number of anilines is 1. The summed E-state index contributed by atoms with van der Waals surface area (Å²) in [6.45, 7) is 8.21. The van der Waals surface area contributed by atoms with E-state index in [1.165, 1.54) is 16.5 Å². The van der Waals surface area contributed by atoms with Gasteiger partial charge in [-0.2, -0.15) is 0 Å². The highest BCUT2D eigenvalue weighted by molar-refractivity contribution is 8.15. The molecular weight excluding hydrogens is 538 g/mol. The van der Waals surface area contributed by atoms with Crippen LogP contribution < -0.4 is 4.90 Å². The maximum atomic E-state index is 12.1. The number of aldehydes is 1. The number of halogens is 1. The molecule has 3 fully saturated rings. The summed E-state index contributed by atoms with van der Waals surface area (Å²) in [7, 11) is 0. The Morgan fingerprint density at radius 3 is 2.55 bits per heavy atom. The molecule has 9 heteroatoms. The molecule has 2 heterocycles. The quantitative estimate of drug-likeness (QED) is 0.242. The number of carboxylic acids is 1. The van der Waals surface area contributed by atoms with Crippen LogP contribution in [0.4, 0.5) is 5.69 Å². The standard InChI is InChI=1S/C29H38ClN3O3S2/c1-4-31-23-14-20(30)8-12-25(23)37-27(31)16-28-32(5-2)24-15-22(11-13-26(24)38-28)33(18(3)29(35)36)21-9-6-19(17-34)7-10-21/h6-7,9-10,16-18,20,22-26H,4-5,8,11-15H2,1-3H3/p+1. The number of rotatable bonds is 8. The van der Waals surface area contributed by atoms with Crippen molar-refractivity contribution in [3.63, 3.8) is 0 Å². The molecule has 0 aromatic heterocycles. The van der Waals surface area contributed by atoms with E-state index in [2.05, 4.69) is 34.3 Å². The highest BCUT2D eigenvalue weighted by Crippen LogP contribution is 2.48. The first-order valence-corrected chi connectivity index (χ1v) is 16.2. The van der Waals surface area contributed by atoms with Crippen LogP contribution in [0.5, 0.6) is 0 Å². The SMILES string of the molecule is CCN1/C(=C/C2=[N+](CC)C3CC(N(c4ccc(C=O)cc4)C(C)C(=O)O)CCC3S2)SC2CCC(Cl)CC21. The molecule has 1 aromatic rings. The molecule has 0 bridgehead atoms. The second-order valence-electron chi connectivity index (χ2n) is 10.8. The Labute approximate surface area is 239 Å². The number of carbonyl (C=O) groups is 2. The largest absolute Gasteiger partial charge is 0.480 e. The number of alkyl halides is 1. The van der Waals surface area contributed by atoms with Gasteiger partial charge in [0, 0.05) is 53.0 Å².